The molecule has 0 fully saturated rings. The number of para-hydroxylation sites is 1. The average Bonchev–Trinajstić information content (AvgIpc) is 3.02. The second-order valence-corrected chi connectivity index (χ2v) is 6.87. The minimum Gasteiger partial charge on any atom is -0.311 e. The SMILES string of the molecule is Cc1c(-c2ccccc2)nn(C)c1NC(=O)CCn1cnc2ccccc2c1=O. The molecule has 0 radical (unpaired) electrons. The van der Waals surface area contributed by atoms with Crippen LogP contribution >= 0.6 is 0 Å². The lowest BCUT2D eigenvalue weighted by atomic mass is 10.1. The van der Waals surface area contributed by atoms with Gasteiger partial charge in [0.15, 0.2) is 0 Å². The van der Waals surface area contributed by atoms with Crippen LogP contribution < -0.4 is 10.9 Å². The van der Waals surface area contributed by atoms with E-state index in [1.165, 1.54) is 10.9 Å². The number of benzene rings is 2. The van der Waals surface area contributed by atoms with Gasteiger partial charge in [-0.05, 0) is 19.1 Å². The van der Waals surface area contributed by atoms with E-state index in [4.69, 9.17) is 0 Å². The number of rotatable bonds is 5. The van der Waals surface area contributed by atoms with Gasteiger partial charge in [-0.1, -0.05) is 42.5 Å². The van der Waals surface area contributed by atoms with Crippen molar-refractivity contribution in [3.8, 4) is 11.3 Å². The van der Waals surface area contributed by atoms with Crippen LogP contribution in [0.3, 0.4) is 0 Å². The van der Waals surface area contributed by atoms with E-state index >= 15 is 0 Å². The summed E-state index contributed by atoms with van der Waals surface area (Å²) >= 11 is 0. The number of nitrogens with zero attached hydrogens (tertiary/aromatic N) is 4. The molecule has 0 saturated carbocycles. The van der Waals surface area contributed by atoms with Crippen molar-refractivity contribution < 1.29 is 4.79 Å². The Labute approximate surface area is 167 Å². The quantitative estimate of drug-likeness (QED) is 0.570. The highest BCUT2D eigenvalue weighted by Gasteiger charge is 2.16. The minimum atomic E-state index is -0.184. The molecule has 2 heterocycles. The van der Waals surface area contributed by atoms with Crippen LogP contribution in [0.25, 0.3) is 22.2 Å². The molecular weight excluding hydrogens is 366 g/mol. The van der Waals surface area contributed by atoms with Crippen LogP contribution in [-0.4, -0.2) is 25.2 Å². The van der Waals surface area contributed by atoms with E-state index in [2.05, 4.69) is 15.4 Å². The Kier molecular flexibility index (Phi) is 4.95. The lowest BCUT2D eigenvalue weighted by Crippen LogP contribution is -2.24. The molecule has 7 nitrogen and oxygen atoms in total. The maximum atomic E-state index is 12.5. The van der Waals surface area contributed by atoms with Gasteiger partial charge in [0, 0.05) is 31.1 Å². The second kappa shape index (κ2) is 7.71. The summed E-state index contributed by atoms with van der Waals surface area (Å²) in [7, 11) is 1.80. The summed E-state index contributed by atoms with van der Waals surface area (Å²) in [6, 6.07) is 17.0. The lowest BCUT2D eigenvalue weighted by molar-refractivity contribution is -0.116. The first-order valence-electron chi connectivity index (χ1n) is 9.37. The number of fused-ring (bicyclic) bond motifs is 1. The largest absolute Gasteiger partial charge is 0.311 e. The predicted octanol–water partition coefficient (Wildman–Crippen LogP) is 3.13. The van der Waals surface area contributed by atoms with E-state index in [1.807, 2.05) is 43.3 Å². The molecule has 2 aromatic carbocycles. The van der Waals surface area contributed by atoms with Crippen molar-refractivity contribution in [1.29, 1.82) is 0 Å². The topological polar surface area (TPSA) is 81.8 Å². The van der Waals surface area contributed by atoms with Gasteiger partial charge < -0.3 is 5.32 Å². The number of carbonyl (C=O) groups is 1. The highest BCUT2D eigenvalue weighted by atomic mass is 16.2. The standard InChI is InChI=1S/C22H21N5O2/c1-15-20(16-8-4-3-5-9-16)25-26(2)21(15)24-19(28)12-13-27-14-23-18-11-7-6-10-17(18)22(27)29/h3-11,14H,12-13H2,1-2H3,(H,24,28). The molecule has 0 aliphatic carbocycles. The molecule has 0 aliphatic rings. The van der Waals surface area contributed by atoms with Gasteiger partial charge in [-0.15, -0.1) is 0 Å². The maximum Gasteiger partial charge on any atom is 0.261 e. The molecule has 0 saturated heterocycles. The van der Waals surface area contributed by atoms with Crippen LogP contribution in [0.5, 0.6) is 0 Å². The summed E-state index contributed by atoms with van der Waals surface area (Å²) in [5.41, 5.74) is 3.23. The molecule has 146 valence electrons. The summed E-state index contributed by atoms with van der Waals surface area (Å²) in [6.45, 7) is 2.19. The third-order valence-electron chi connectivity index (χ3n) is 4.90. The van der Waals surface area contributed by atoms with Crippen LogP contribution in [0.4, 0.5) is 5.82 Å². The Morgan fingerprint density at radius 3 is 2.59 bits per heavy atom. The zero-order valence-electron chi connectivity index (χ0n) is 16.3. The molecule has 0 spiro atoms. The Morgan fingerprint density at radius 1 is 1.07 bits per heavy atom. The number of hydrogen-bond donors (Lipinski definition) is 1. The van der Waals surface area contributed by atoms with Crippen LogP contribution in [0.1, 0.15) is 12.0 Å². The Balaban J connectivity index is 1.49. The van der Waals surface area contributed by atoms with Crippen molar-refractivity contribution in [1.82, 2.24) is 19.3 Å². The molecule has 0 aliphatic heterocycles. The Hall–Kier alpha value is -3.74. The van der Waals surface area contributed by atoms with Crippen LogP contribution in [0.2, 0.25) is 0 Å². The molecule has 0 atom stereocenters. The number of aryl methyl sites for hydroxylation is 2. The van der Waals surface area contributed by atoms with E-state index in [0.29, 0.717) is 16.7 Å². The van der Waals surface area contributed by atoms with Gasteiger partial charge in [0.1, 0.15) is 5.82 Å². The number of aromatic nitrogens is 4. The molecule has 29 heavy (non-hydrogen) atoms. The van der Waals surface area contributed by atoms with Crippen molar-refractivity contribution in [2.75, 3.05) is 5.32 Å². The number of amides is 1. The van der Waals surface area contributed by atoms with Gasteiger partial charge in [-0.3, -0.25) is 18.8 Å². The summed E-state index contributed by atoms with van der Waals surface area (Å²) in [5.74, 6) is 0.466. The average molecular weight is 387 g/mol. The van der Waals surface area contributed by atoms with Crippen LogP contribution in [0, 0.1) is 6.92 Å². The Bertz CT molecular complexity index is 1240. The van der Waals surface area contributed by atoms with E-state index in [-0.39, 0.29) is 24.4 Å². The van der Waals surface area contributed by atoms with Crippen molar-refractivity contribution in [2.45, 2.75) is 19.9 Å². The molecule has 1 amide bonds. The normalized spacial score (nSPS) is 11.0. The Morgan fingerprint density at radius 2 is 1.79 bits per heavy atom. The molecule has 4 rings (SSSR count). The van der Waals surface area contributed by atoms with E-state index < -0.39 is 0 Å². The first-order chi connectivity index (χ1) is 14.0. The van der Waals surface area contributed by atoms with E-state index in [1.54, 1.807) is 29.9 Å². The van der Waals surface area contributed by atoms with Crippen molar-refractivity contribution in [3.63, 3.8) is 0 Å². The number of hydrogen-bond acceptors (Lipinski definition) is 4. The summed E-state index contributed by atoms with van der Waals surface area (Å²) in [4.78, 5) is 29.4. The second-order valence-electron chi connectivity index (χ2n) is 6.87. The smallest absolute Gasteiger partial charge is 0.261 e. The van der Waals surface area contributed by atoms with Gasteiger partial charge >= 0.3 is 0 Å². The first-order valence-corrected chi connectivity index (χ1v) is 9.37. The fourth-order valence-electron chi connectivity index (χ4n) is 3.36. The molecule has 7 heteroatoms. The zero-order chi connectivity index (χ0) is 20.4. The van der Waals surface area contributed by atoms with Crippen molar-refractivity contribution >= 4 is 22.6 Å². The van der Waals surface area contributed by atoms with Gasteiger partial charge in [-0.25, -0.2) is 4.98 Å². The van der Waals surface area contributed by atoms with Gasteiger partial charge in [-0.2, -0.15) is 5.10 Å². The molecule has 4 aromatic rings. The highest BCUT2D eigenvalue weighted by Crippen LogP contribution is 2.27. The van der Waals surface area contributed by atoms with E-state index in [0.717, 1.165) is 16.8 Å². The zero-order valence-corrected chi connectivity index (χ0v) is 16.3. The van der Waals surface area contributed by atoms with Crippen LogP contribution in [0.15, 0.2) is 65.7 Å². The number of carbonyl (C=O) groups excluding carboxylic acids is 1. The molecule has 0 unspecified atom stereocenters. The lowest BCUT2D eigenvalue weighted by Gasteiger charge is -2.09. The fraction of sp³-hybridized carbons (Fsp3) is 0.182. The molecule has 2 aromatic heterocycles. The monoisotopic (exact) mass is 387 g/mol. The van der Waals surface area contributed by atoms with Gasteiger partial charge in [0.05, 0.1) is 22.9 Å². The number of nitrogens with one attached hydrogen (secondary N) is 1. The summed E-state index contributed by atoms with van der Waals surface area (Å²) in [5, 5.41) is 8.00. The van der Waals surface area contributed by atoms with Crippen LogP contribution in [-0.2, 0) is 18.4 Å². The van der Waals surface area contributed by atoms with E-state index in [9.17, 15) is 9.59 Å². The molecule has 0 bridgehead atoms. The molecule has 1 N–H and O–H groups in total. The van der Waals surface area contributed by atoms with Gasteiger partial charge in [0.2, 0.25) is 5.91 Å². The highest BCUT2D eigenvalue weighted by molar-refractivity contribution is 5.91. The summed E-state index contributed by atoms with van der Waals surface area (Å²) < 4.78 is 3.13. The van der Waals surface area contributed by atoms with Crippen molar-refractivity contribution in [3.05, 3.63) is 76.8 Å². The summed E-state index contributed by atoms with van der Waals surface area (Å²) in [6.07, 6.45) is 1.64. The third kappa shape index (κ3) is 3.67. The van der Waals surface area contributed by atoms with Gasteiger partial charge in [0.25, 0.3) is 5.56 Å². The first kappa shape index (κ1) is 18.6. The fourth-order valence-corrected chi connectivity index (χ4v) is 3.36. The minimum absolute atomic E-state index is 0.147. The third-order valence-corrected chi connectivity index (χ3v) is 4.90. The number of anilines is 1. The molecular formula is C22H21N5O2. The predicted molar refractivity (Wildman–Crippen MR) is 113 cm³/mol. The maximum absolute atomic E-state index is 12.5. The van der Waals surface area contributed by atoms with Crippen molar-refractivity contribution in [2.24, 2.45) is 7.05 Å².